The fraction of sp³-hybridized carbons (Fsp3) is 0.250. The van der Waals surface area contributed by atoms with Crippen LogP contribution in [0.15, 0.2) is 33.9 Å². The number of carbonyl (C=O) groups excluding carboxylic acids is 1. The molecule has 5 nitrogen and oxygen atoms in total. The number of thioether (sulfide) groups is 1. The molecule has 0 aliphatic heterocycles. The molecule has 0 aliphatic rings. The second kappa shape index (κ2) is 6.21. The molecule has 0 unspecified atom stereocenters. The third kappa shape index (κ3) is 3.81. The number of aromatic nitrogens is 3. The molecule has 1 amide bonds. The van der Waals surface area contributed by atoms with E-state index in [0.29, 0.717) is 5.75 Å². The van der Waals surface area contributed by atoms with Crippen molar-refractivity contribution >= 4 is 39.3 Å². The second-order valence-electron chi connectivity index (χ2n) is 3.93. The Bertz CT molecular complexity index is 582. The van der Waals surface area contributed by atoms with Gasteiger partial charge in [-0.15, -0.1) is 10.2 Å². The van der Waals surface area contributed by atoms with E-state index in [1.54, 1.807) is 0 Å². The number of halogens is 1. The number of carbonyl (C=O) groups is 1. The summed E-state index contributed by atoms with van der Waals surface area (Å²) in [6.07, 6.45) is 0. The number of nitrogens with one attached hydrogen (secondary N) is 1. The molecule has 1 heterocycles. The van der Waals surface area contributed by atoms with Gasteiger partial charge in [0.2, 0.25) is 5.91 Å². The zero-order chi connectivity index (χ0) is 13.8. The van der Waals surface area contributed by atoms with Crippen LogP contribution in [0.3, 0.4) is 0 Å². The Morgan fingerprint density at radius 2 is 2.05 bits per heavy atom. The highest BCUT2D eigenvalue weighted by atomic mass is 79.9. The smallest absolute Gasteiger partial charge is 0.234 e. The summed E-state index contributed by atoms with van der Waals surface area (Å²) in [7, 11) is 1.88. The van der Waals surface area contributed by atoms with Gasteiger partial charge in [0, 0.05) is 17.2 Å². The predicted molar refractivity (Wildman–Crippen MR) is 79.2 cm³/mol. The number of aryl methyl sites for hydroxylation is 1. The minimum Gasteiger partial charge on any atom is -0.325 e. The number of benzene rings is 1. The molecule has 7 heteroatoms. The first-order valence-electron chi connectivity index (χ1n) is 5.60. The predicted octanol–water partition coefficient (Wildman–Crippen LogP) is 2.62. The zero-order valence-electron chi connectivity index (χ0n) is 10.6. The number of amides is 1. The van der Waals surface area contributed by atoms with E-state index < -0.39 is 0 Å². The van der Waals surface area contributed by atoms with Crippen molar-refractivity contribution in [2.45, 2.75) is 12.1 Å². The quantitative estimate of drug-likeness (QED) is 0.869. The highest BCUT2D eigenvalue weighted by Gasteiger charge is 2.09. The fourth-order valence-electron chi connectivity index (χ4n) is 1.37. The maximum atomic E-state index is 11.8. The van der Waals surface area contributed by atoms with Crippen LogP contribution in [0, 0.1) is 6.92 Å². The first-order chi connectivity index (χ1) is 9.06. The van der Waals surface area contributed by atoms with Crippen molar-refractivity contribution in [1.29, 1.82) is 0 Å². The zero-order valence-corrected chi connectivity index (χ0v) is 13.0. The van der Waals surface area contributed by atoms with Crippen molar-refractivity contribution in [3.8, 4) is 0 Å². The van der Waals surface area contributed by atoms with E-state index >= 15 is 0 Å². The maximum Gasteiger partial charge on any atom is 0.234 e. The molecule has 1 aromatic carbocycles. The van der Waals surface area contributed by atoms with Crippen molar-refractivity contribution in [1.82, 2.24) is 14.8 Å². The molecular weight excluding hydrogens is 328 g/mol. The summed E-state index contributed by atoms with van der Waals surface area (Å²) in [4.78, 5) is 11.8. The van der Waals surface area contributed by atoms with Crippen molar-refractivity contribution in [2.75, 3.05) is 11.1 Å². The first kappa shape index (κ1) is 14.1. The van der Waals surface area contributed by atoms with Gasteiger partial charge in [-0.05, 0) is 31.2 Å². The Balaban J connectivity index is 1.88. The lowest BCUT2D eigenvalue weighted by Gasteiger charge is -2.05. The topological polar surface area (TPSA) is 59.8 Å². The number of nitrogens with zero attached hydrogens (tertiary/aromatic N) is 3. The molecule has 0 saturated carbocycles. The Labute approximate surface area is 123 Å². The SMILES string of the molecule is Cc1nnc(SCC(=O)Nc2ccc(Br)cc2)n1C. The Morgan fingerprint density at radius 3 is 2.63 bits per heavy atom. The lowest BCUT2D eigenvalue weighted by molar-refractivity contribution is -0.113. The lowest BCUT2D eigenvalue weighted by Crippen LogP contribution is -2.14. The summed E-state index contributed by atoms with van der Waals surface area (Å²) in [6, 6.07) is 7.46. The maximum absolute atomic E-state index is 11.8. The minimum atomic E-state index is -0.0621. The highest BCUT2D eigenvalue weighted by Crippen LogP contribution is 2.17. The van der Waals surface area contributed by atoms with E-state index in [-0.39, 0.29) is 5.91 Å². The van der Waals surface area contributed by atoms with Gasteiger partial charge in [-0.1, -0.05) is 27.7 Å². The minimum absolute atomic E-state index is 0.0621. The molecule has 100 valence electrons. The monoisotopic (exact) mass is 340 g/mol. The van der Waals surface area contributed by atoms with Crippen molar-refractivity contribution < 1.29 is 4.79 Å². The third-order valence-electron chi connectivity index (χ3n) is 2.51. The number of anilines is 1. The van der Waals surface area contributed by atoms with Crippen molar-refractivity contribution in [3.05, 3.63) is 34.6 Å². The summed E-state index contributed by atoms with van der Waals surface area (Å²) >= 11 is 4.71. The summed E-state index contributed by atoms with van der Waals surface area (Å²) in [5.41, 5.74) is 0.781. The first-order valence-corrected chi connectivity index (χ1v) is 7.38. The second-order valence-corrected chi connectivity index (χ2v) is 5.79. The van der Waals surface area contributed by atoms with Gasteiger partial charge in [-0.2, -0.15) is 0 Å². The van der Waals surface area contributed by atoms with Crippen LogP contribution in [0.2, 0.25) is 0 Å². The lowest BCUT2D eigenvalue weighted by atomic mass is 10.3. The van der Waals surface area contributed by atoms with E-state index in [1.807, 2.05) is 42.8 Å². The molecule has 0 atom stereocenters. The Morgan fingerprint density at radius 1 is 1.37 bits per heavy atom. The van der Waals surface area contributed by atoms with Gasteiger partial charge in [0.25, 0.3) is 0 Å². The van der Waals surface area contributed by atoms with E-state index in [9.17, 15) is 4.79 Å². The molecule has 0 radical (unpaired) electrons. The standard InChI is InChI=1S/C12H13BrN4OS/c1-8-15-16-12(17(8)2)19-7-11(18)14-10-5-3-9(13)4-6-10/h3-6H,7H2,1-2H3,(H,14,18). The van der Waals surface area contributed by atoms with Crippen LogP contribution in [-0.2, 0) is 11.8 Å². The molecule has 1 N–H and O–H groups in total. The van der Waals surface area contributed by atoms with Gasteiger partial charge < -0.3 is 9.88 Å². The van der Waals surface area contributed by atoms with Crippen LogP contribution in [0.1, 0.15) is 5.82 Å². The van der Waals surface area contributed by atoms with Crippen LogP contribution in [0.25, 0.3) is 0 Å². The largest absolute Gasteiger partial charge is 0.325 e. The van der Waals surface area contributed by atoms with Gasteiger partial charge in [-0.3, -0.25) is 4.79 Å². The van der Waals surface area contributed by atoms with Crippen LogP contribution in [0.5, 0.6) is 0 Å². The van der Waals surface area contributed by atoms with Gasteiger partial charge in [0.15, 0.2) is 5.16 Å². The average molecular weight is 341 g/mol. The van der Waals surface area contributed by atoms with E-state index in [1.165, 1.54) is 11.8 Å². The molecule has 19 heavy (non-hydrogen) atoms. The van der Waals surface area contributed by atoms with Crippen LogP contribution in [-0.4, -0.2) is 26.4 Å². The fourth-order valence-corrected chi connectivity index (χ4v) is 2.39. The van der Waals surface area contributed by atoms with E-state index in [4.69, 9.17) is 0 Å². The highest BCUT2D eigenvalue weighted by molar-refractivity contribution is 9.10. The van der Waals surface area contributed by atoms with Crippen LogP contribution < -0.4 is 5.32 Å². The van der Waals surface area contributed by atoms with Crippen LogP contribution in [0.4, 0.5) is 5.69 Å². The Kier molecular flexibility index (Phi) is 4.60. The summed E-state index contributed by atoms with van der Waals surface area (Å²) in [5, 5.41) is 11.5. The number of hydrogen-bond donors (Lipinski definition) is 1. The average Bonchev–Trinajstić information content (AvgIpc) is 2.70. The van der Waals surface area contributed by atoms with Crippen molar-refractivity contribution in [2.24, 2.45) is 7.05 Å². The van der Waals surface area contributed by atoms with E-state index in [0.717, 1.165) is 21.1 Å². The molecule has 2 rings (SSSR count). The number of hydrogen-bond acceptors (Lipinski definition) is 4. The molecule has 0 bridgehead atoms. The number of rotatable bonds is 4. The summed E-state index contributed by atoms with van der Waals surface area (Å²) in [5.74, 6) is 1.07. The third-order valence-corrected chi connectivity index (χ3v) is 4.06. The van der Waals surface area contributed by atoms with Gasteiger partial charge >= 0.3 is 0 Å². The molecular formula is C12H13BrN4OS. The normalized spacial score (nSPS) is 10.5. The van der Waals surface area contributed by atoms with Crippen LogP contribution >= 0.6 is 27.7 Å². The van der Waals surface area contributed by atoms with Crippen molar-refractivity contribution in [3.63, 3.8) is 0 Å². The molecule has 2 aromatic rings. The Hall–Kier alpha value is -1.34. The van der Waals surface area contributed by atoms with Gasteiger partial charge in [0.05, 0.1) is 5.75 Å². The summed E-state index contributed by atoms with van der Waals surface area (Å²) in [6.45, 7) is 1.87. The van der Waals surface area contributed by atoms with E-state index in [2.05, 4.69) is 31.4 Å². The molecule has 0 aliphatic carbocycles. The van der Waals surface area contributed by atoms with Gasteiger partial charge in [0.1, 0.15) is 5.82 Å². The summed E-state index contributed by atoms with van der Waals surface area (Å²) < 4.78 is 2.84. The molecule has 1 aromatic heterocycles. The van der Waals surface area contributed by atoms with Gasteiger partial charge in [-0.25, -0.2) is 0 Å². The molecule has 0 saturated heterocycles. The molecule has 0 spiro atoms. The molecule has 0 fully saturated rings.